The molecule has 1 aliphatic rings. The number of Topliss-reactive ketones (excluding diaryl/α,β-unsaturated/α-hetero) is 1. The summed E-state index contributed by atoms with van der Waals surface area (Å²) in [4.78, 5) is 30.0. The van der Waals surface area contributed by atoms with Crippen molar-refractivity contribution in [1.82, 2.24) is 9.55 Å². The van der Waals surface area contributed by atoms with Gasteiger partial charge in [-0.3, -0.25) is 9.59 Å². The quantitative estimate of drug-likeness (QED) is 0.778. The number of anilines is 1. The van der Waals surface area contributed by atoms with E-state index in [1.54, 1.807) is 34.1 Å². The highest BCUT2D eigenvalue weighted by Crippen LogP contribution is 2.27. The first-order chi connectivity index (χ1) is 9.16. The molecule has 0 spiro atoms. The fourth-order valence-corrected chi connectivity index (χ4v) is 2.29. The van der Waals surface area contributed by atoms with Gasteiger partial charge in [-0.2, -0.15) is 0 Å². The van der Waals surface area contributed by atoms with Crippen molar-refractivity contribution in [1.29, 1.82) is 0 Å². The van der Waals surface area contributed by atoms with E-state index >= 15 is 0 Å². The van der Waals surface area contributed by atoms with E-state index in [2.05, 4.69) is 4.98 Å². The number of aryl methyl sites for hydroxylation is 1. The zero-order valence-electron chi connectivity index (χ0n) is 10.5. The Kier molecular flexibility index (Phi) is 2.67. The second-order valence-electron chi connectivity index (χ2n) is 4.57. The van der Waals surface area contributed by atoms with Crippen LogP contribution in [-0.2, 0) is 7.05 Å². The molecular weight excluding hydrogens is 242 g/mol. The van der Waals surface area contributed by atoms with Crippen LogP contribution in [0.15, 0.2) is 36.8 Å². The summed E-state index contributed by atoms with van der Waals surface area (Å²) in [6, 6.07) is 7.20. The SMILES string of the molecule is Cn1cnc(C(=O)N2CCC(=O)c3ccccc32)c1. The van der Waals surface area contributed by atoms with E-state index in [0.29, 0.717) is 29.9 Å². The lowest BCUT2D eigenvalue weighted by Crippen LogP contribution is -2.37. The summed E-state index contributed by atoms with van der Waals surface area (Å²) >= 11 is 0. The highest BCUT2D eigenvalue weighted by atomic mass is 16.2. The summed E-state index contributed by atoms with van der Waals surface area (Å²) in [7, 11) is 1.82. The van der Waals surface area contributed by atoms with Crippen molar-refractivity contribution in [3.8, 4) is 0 Å². The van der Waals surface area contributed by atoms with E-state index < -0.39 is 0 Å². The molecule has 0 aliphatic carbocycles. The molecule has 0 saturated heterocycles. The number of rotatable bonds is 1. The molecule has 1 aromatic heterocycles. The number of fused-ring (bicyclic) bond motifs is 1. The summed E-state index contributed by atoms with van der Waals surface area (Å²) in [5, 5.41) is 0. The number of amides is 1. The van der Waals surface area contributed by atoms with Crippen LogP contribution >= 0.6 is 0 Å². The number of aromatic nitrogens is 2. The lowest BCUT2D eigenvalue weighted by molar-refractivity contribution is 0.0953. The monoisotopic (exact) mass is 255 g/mol. The Balaban J connectivity index is 2.01. The van der Waals surface area contributed by atoms with Gasteiger partial charge in [0.05, 0.1) is 12.0 Å². The maximum Gasteiger partial charge on any atom is 0.278 e. The summed E-state index contributed by atoms with van der Waals surface area (Å²) in [6.45, 7) is 0.408. The molecular formula is C14H13N3O2. The summed E-state index contributed by atoms with van der Waals surface area (Å²) in [5.74, 6) is -0.0822. The molecule has 96 valence electrons. The molecule has 5 nitrogen and oxygen atoms in total. The lowest BCUT2D eigenvalue weighted by Gasteiger charge is -2.27. The molecule has 19 heavy (non-hydrogen) atoms. The molecule has 1 aromatic carbocycles. The standard InChI is InChI=1S/C14H13N3O2/c1-16-8-11(15-9-16)14(19)17-7-6-13(18)10-4-2-3-5-12(10)17/h2-5,8-9H,6-7H2,1H3. The third kappa shape index (κ3) is 1.93. The molecule has 0 fully saturated rings. The maximum atomic E-state index is 12.4. The van der Waals surface area contributed by atoms with Crippen LogP contribution in [0.3, 0.4) is 0 Å². The van der Waals surface area contributed by atoms with Gasteiger partial charge in [-0.25, -0.2) is 4.98 Å². The van der Waals surface area contributed by atoms with E-state index in [1.165, 1.54) is 0 Å². The Morgan fingerprint density at radius 3 is 2.84 bits per heavy atom. The van der Waals surface area contributed by atoms with Crippen molar-refractivity contribution < 1.29 is 9.59 Å². The topological polar surface area (TPSA) is 55.2 Å². The molecule has 2 aromatic rings. The van der Waals surface area contributed by atoms with Crippen LogP contribution < -0.4 is 4.90 Å². The zero-order chi connectivity index (χ0) is 13.4. The van der Waals surface area contributed by atoms with Crippen LogP contribution in [0.25, 0.3) is 0 Å². The van der Waals surface area contributed by atoms with Gasteiger partial charge in [0, 0.05) is 31.8 Å². The smallest absolute Gasteiger partial charge is 0.278 e. The van der Waals surface area contributed by atoms with Gasteiger partial charge < -0.3 is 9.47 Å². The predicted molar refractivity (Wildman–Crippen MR) is 70.3 cm³/mol. The van der Waals surface area contributed by atoms with Gasteiger partial charge >= 0.3 is 0 Å². The molecule has 1 amide bonds. The molecule has 1 aliphatic heterocycles. The fraction of sp³-hybridized carbons (Fsp3) is 0.214. The highest BCUT2D eigenvalue weighted by molar-refractivity contribution is 6.12. The predicted octanol–water partition coefficient (Wildman–Crippen LogP) is 1.65. The van der Waals surface area contributed by atoms with Crippen molar-refractivity contribution >= 4 is 17.4 Å². The Morgan fingerprint density at radius 2 is 2.11 bits per heavy atom. The van der Waals surface area contributed by atoms with Crippen LogP contribution in [0.5, 0.6) is 0 Å². The summed E-state index contributed by atoms with van der Waals surface area (Å²) < 4.78 is 1.73. The number of hydrogen-bond donors (Lipinski definition) is 0. The van der Waals surface area contributed by atoms with Gasteiger partial charge in [-0.15, -0.1) is 0 Å². The first-order valence-corrected chi connectivity index (χ1v) is 6.09. The summed E-state index contributed by atoms with van der Waals surface area (Å²) in [6.07, 6.45) is 3.63. The highest BCUT2D eigenvalue weighted by Gasteiger charge is 2.28. The van der Waals surface area contributed by atoms with E-state index in [0.717, 1.165) is 0 Å². The van der Waals surface area contributed by atoms with Crippen molar-refractivity contribution in [3.63, 3.8) is 0 Å². The van der Waals surface area contributed by atoms with Gasteiger partial charge in [0.15, 0.2) is 5.78 Å². The fourth-order valence-electron chi connectivity index (χ4n) is 2.29. The molecule has 3 rings (SSSR count). The van der Waals surface area contributed by atoms with Crippen molar-refractivity contribution in [2.24, 2.45) is 7.05 Å². The third-order valence-corrected chi connectivity index (χ3v) is 3.23. The van der Waals surface area contributed by atoms with Crippen molar-refractivity contribution in [2.75, 3.05) is 11.4 Å². The van der Waals surface area contributed by atoms with E-state index in [1.807, 2.05) is 19.2 Å². The number of benzene rings is 1. The Hall–Kier alpha value is -2.43. The zero-order valence-corrected chi connectivity index (χ0v) is 10.5. The Labute approximate surface area is 110 Å². The Morgan fingerprint density at radius 1 is 1.32 bits per heavy atom. The molecule has 0 saturated carbocycles. The molecule has 0 bridgehead atoms. The van der Waals surface area contributed by atoms with Gasteiger partial charge in [0.2, 0.25) is 0 Å². The minimum atomic E-state index is -0.166. The van der Waals surface area contributed by atoms with Crippen LogP contribution in [0.4, 0.5) is 5.69 Å². The molecule has 2 heterocycles. The first-order valence-electron chi connectivity index (χ1n) is 6.09. The van der Waals surface area contributed by atoms with Crippen LogP contribution in [0, 0.1) is 0 Å². The lowest BCUT2D eigenvalue weighted by atomic mass is 10.0. The number of nitrogens with zero attached hydrogens (tertiary/aromatic N) is 3. The van der Waals surface area contributed by atoms with Crippen LogP contribution in [-0.4, -0.2) is 27.8 Å². The number of hydrogen-bond acceptors (Lipinski definition) is 3. The minimum absolute atomic E-state index is 0.0840. The molecule has 0 atom stereocenters. The largest absolute Gasteiger partial charge is 0.340 e. The van der Waals surface area contributed by atoms with E-state index in [9.17, 15) is 9.59 Å². The molecule has 5 heteroatoms. The average molecular weight is 255 g/mol. The van der Waals surface area contributed by atoms with Gasteiger partial charge in [-0.05, 0) is 12.1 Å². The second-order valence-corrected chi connectivity index (χ2v) is 4.57. The van der Waals surface area contributed by atoms with Crippen molar-refractivity contribution in [3.05, 3.63) is 48.0 Å². The third-order valence-electron chi connectivity index (χ3n) is 3.23. The minimum Gasteiger partial charge on any atom is -0.340 e. The van der Waals surface area contributed by atoms with Crippen LogP contribution in [0.2, 0.25) is 0 Å². The molecule has 0 N–H and O–H groups in total. The van der Waals surface area contributed by atoms with Gasteiger partial charge in [0.1, 0.15) is 5.69 Å². The first kappa shape index (κ1) is 11.6. The second kappa shape index (κ2) is 4.35. The normalized spacial score (nSPS) is 14.4. The Bertz CT molecular complexity index is 660. The number of para-hydroxylation sites is 1. The van der Waals surface area contributed by atoms with E-state index in [4.69, 9.17) is 0 Å². The number of carbonyl (C=O) groups is 2. The molecule has 0 unspecified atom stereocenters. The van der Waals surface area contributed by atoms with Gasteiger partial charge in [-0.1, -0.05) is 12.1 Å². The number of imidazole rings is 1. The van der Waals surface area contributed by atoms with E-state index in [-0.39, 0.29) is 11.7 Å². The van der Waals surface area contributed by atoms with Crippen LogP contribution in [0.1, 0.15) is 27.3 Å². The molecule has 0 radical (unpaired) electrons. The number of ketones is 1. The summed E-state index contributed by atoms with van der Waals surface area (Å²) in [5.41, 5.74) is 1.68. The average Bonchev–Trinajstić information content (AvgIpc) is 2.86. The van der Waals surface area contributed by atoms with Crippen molar-refractivity contribution in [2.45, 2.75) is 6.42 Å². The van der Waals surface area contributed by atoms with Gasteiger partial charge in [0.25, 0.3) is 5.91 Å². The maximum absolute atomic E-state index is 12.4. The number of carbonyl (C=O) groups excluding carboxylic acids is 2.